The smallest absolute Gasteiger partial charge is 0.328 e. The number of hydrogen-bond donors (Lipinski definition) is 2. The fraction of sp³-hybridized carbons (Fsp3) is 0.304. The Morgan fingerprint density at radius 1 is 1.09 bits per heavy atom. The Hall–Kier alpha value is -2.61. The Kier molecular flexibility index (Phi) is 7.67. The Labute approximate surface area is 206 Å². The van der Waals surface area contributed by atoms with Crippen molar-refractivity contribution in [1.82, 2.24) is 10.3 Å². The van der Waals surface area contributed by atoms with Gasteiger partial charge in [0.15, 0.2) is 5.78 Å². The van der Waals surface area contributed by atoms with E-state index in [-0.39, 0.29) is 39.5 Å². The number of nitrogens with zero attached hydrogens (tertiary/aromatic N) is 1. The maximum Gasteiger partial charge on any atom is 0.328 e. The van der Waals surface area contributed by atoms with E-state index in [1.165, 1.54) is 12.4 Å². The number of allylic oxidation sites excluding steroid dienone is 2. The molecular formula is C23H22Cl3N3O4. The zero-order chi connectivity index (χ0) is 24.3. The normalized spacial score (nSPS) is 15.5. The molecule has 1 atom stereocenters. The van der Waals surface area contributed by atoms with E-state index in [0.717, 1.165) is 5.56 Å². The van der Waals surface area contributed by atoms with Crippen LogP contribution in [-0.4, -0.2) is 35.3 Å². The van der Waals surface area contributed by atoms with Crippen LogP contribution in [0, 0.1) is 5.41 Å². The van der Waals surface area contributed by atoms with E-state index in [9.17, 15) is 14.4 Å². The lowest BCUT2D eigenvalue weighted by Gasteiger charge is -2.38. The first-order chi connectivity index (χ1) is 15.6. The van der Waals surface area contributed by atoms with Crippen LogP contribution in [0.3, 0.4) is 0 Å². The molecule has 0 radical (unpaired) electrons. The van der Waals surface area contributed by atoms with Crippen molar-refractivity contribution in [2.45, 2.75) is 33.2 Å². The number of ether oxygens (including phenoxy) is 1. The van der Waals surface area contributed by atoms with Crippen molar-refractivity contribution in [2.75, 3.05) is 11.9 Å². The molecule has 0 unspecified atom stereocenters. The predicted octanol–water partition coefficient (Wildman–Crippen LogP) is 4.76. The Morgan fingerprint density at radius 3 is 2.24 bits per heavy atom. The number of amides is 1. The SMILES string of the molecule is CCOC(=O)[C@H](Cc1ccc(NC(=O)c2c(Cl)cncc2Cl)cc1)NC1=C(Cl)C(=O)C1(C)C. The maximum absolute atomic E-state index is 12.5. The Bertz CT molecular complexity index is 1110. The third-order valence-corrected chi connectivity index (χ3v) is 6.17. The van der Waals surface area contributed by atoms with Crippen LogP contribution >= 0.6 is 34.8 Å². The lowest BCUT2D eigenvalue weighted by Crippen LogP contribution is -2.50. The fourth-order valence-corrected chi connectivity index (χ4v) is 4.41. The molecule has 1 heterocycles. The quantitative estimate of drug-likeness (QED) is 0.497. The number of carbonyl (C=O) groups is 3. The first kappa shape index (κ1) is 25.0. The van der Waals surface area contributed by atoms with Gasteiger partial charge in [-0.1, -0.05) is 46.9 Å². The highest BCUT2D eigenvalue weighted by Gasteiger charge is 2.47. The van der Waals surface area contributed by atoms with E-state index >= 15 is 0 Å². The number of anilines is 1. The second-order valence-electron chi connectivity index (χ2n) is 7.93. The van der Waals surface area contributed by atoms with Gasteiger partial charge in [-0.25, -0.2) is 4.79 Å². The molecule has 1 aromatic carbocycles. The van der Waals surface area contributed by atoms with Crippen LogP contribution in [0.15, 0.2) is 47.4 Å². The van der Waals surface area contributed by atoms with Gasteiger partial charge in [0.25, 0.3) is 5.91 Å². The molecule has 0 spiro atoms. The Balaban J connectivity index is 1.73. The number of pyridine rings is 1. The van der Waals surface area contributed by atoms with Crippen LogP contribution < -0.4 is 10.6 Å². The summed E-state index contributed by atoms with van der Waals surface area (Å²) in [5.41, 5.74) is 1.18. The van der Waals surface area contributed by atoms with Gasteiger partial charge in [0.2, 0.25) is 0 Å². The lowest BCUT2D eigenvalue weighted by atomic mass is 9.74. The maximum atomic E-state index is 12.5. The highest BCUT2D eigenvalue weighted by molar-refractivity contribution is 6.47. The molecule has 1 amide bonds. The van der Waals surface area contributed by atoms with Crippen molar-refractivity contribution in [2.24, 2.45) is 5.41 Å². The molecule has 0 saturated carbocycles. The summed E-state index contributed by atoms with van der Waals surface area (Å²) in [5.74, 6) is -1.10. The van der Waals surface area contributed by atoms with Crippen LogP contribution in [0.4, 0.5) is 5.69 Å². The van der Waals surface area contributed by atoms with Crippen LogP contribution in [-0.2, 0) is 20.7 Å². The number of ketones is 1. The first-order valence-corrected chi connectivity index (χ1v) is 11.3. The summed E-state index contributed by atoms with van der Waals surface area (Å²) in [6, 6.07) is 6.19. The molecular weight excluding hydrogens is 489 g/mol. The molecule has 0 aliphatic heterocycles. The van der Waals surface area contributed by atoms with Gasteiger partial charge in [-0.05, 0) is 38.5 Å². The van der Waals surface area contributed by atoms with Crippen molar-refractivity contribution in [3.63, 3.8) is 0 Å². The van der Waals surface area contributed by atoms with Crippen LogP contribution in [0.1, 0.15) is 36.7 Å². The highest BCUT2D eigenvalue weighted by Crippen LogP contribution is 2.42. The molecule has 1 aliphatic rings. The first-order valence-electron chi connectivity index (χ1n) is 10.1. The van der Waals surface area contributed by atoms with Crippen molar-refractivity contribution < 1.29 is 19.1 Å². The van der Waals surface area contributed by atoms with Gasteiger partial charge in [-0.3, -0.25) is 14.6 Å². The molecule has 174 valence electrons. The molecule has 0 saturated heterocycles. The summed E-state index contributed by atoms with van der Waals surface area (Å²) in [7, 11) is 0. The summed E-state index contributed by atoms with van der Waals surface area (Å²) >= 11 is 18.1. The summed E-state index contributed by atoms with van der Waals surface area (Å²) < 4.78 is 5.18. The van der Waals surface area contributed by atoms with E-state index in [4.69, 9.17) is 39.5 Å². The number of esters is 1. The number of rotatable bonds is 8. The molecule has 33 heavy (non-hydrogen) atoms. The summed E-state index contributed by atoms with van der Waals surface area (Å²) in [6.45, 7) is 5.42. The van der Waals surface area contributed by atoms with Crippen molar-refractivity contribution in [3.8, 4) is 0 Å². The zero-order valence-corrected chi connectivity index (χ0v) is 20.4. The molecule has 2 aromatic rings. The fourth-order valence-electron chi connectivity index (χ4n) is 3.35. The van der Waals surface area contributed by atoms with Gasteiger partial charge in [-0.2, -0.15) is 0 Å². The van der Waals surface area contributed by atoms with E-state index < -0.39 is 23.3 Å². The van der Waals surface area contributed by atoms with Gasteiger partial charge < -0.3 is 15.4 Å². The van der Waals surface area contributed by atoms with Crippen molar-refractivity contribution in [3.05, 3.63) is 68.6 Å². The van der Waals surface area contributed by atoms with Gasteiger partial charge >= 0.3 is 5.97 Å². The molecule has 3 rings (SSSR count). The number of hydrogen-bond acceptors (Lipinski definition) is 6. The monoisotopic (exact) mass is 509 g/mol. The summed E-state index contributed by atoms with van der Waals surface area (Å²) in [4.78, 5) is 40.9. The standard InChI is InChI=1S/C23H22Cl3N3O4/c1-4-33-22(32)16(29-19-18(26)20(30)23(19,2)3)9-12-5-7-13(8-6-12)28-21(31)17-14(24)10-27-11-15(17)25/h5-8,10-11,16,29H,4,9H2,1-3H3,(H,28,31)/t16-/m0/s1. The van der Waals surface area contributed by atoms with Gasteiger partial charge in [-0.15, -0.1) is 0 Å². The number of carbonyl (C=O) groups excluding carboxylic acids is 3. The second-order valence-corrected chi connectivity index (χ2v) is 9.12. The number of benzene rings is 1. The van der Waals surface area contributed by atoms with Crippen LogP contribution in [0.2, 0.25) is 10.0 Å². The average Bonchev–Trinajstić information content (AvgIpc) is 2.76. The van der Waals surface area contributed by atoms with E-state index in [1.54, 1.807) is 45.0 Å². The number of nitrogens with one attached hydrogen (secondary N) is 2. The van der Waals surface area contributed by atoms with E-state index in [2.05, 4.69) is 15.6 Å². The summed E-state index contributed by atoms with van der Waals surface area (Å²) in [5, 5.41) is 6.20. The molecule has 1 aliphatic carbocycles. The topological polar surface area (TPSA) is 97.4 Å². The van der Waals surface area contributed by atoms with Crippen LogP contribution in [0.5, 0.6) is 0 Å². The molecule has 0 fully saturated rings. The molecule has 0 bridgehead atoms. The molecule has 7 nitrogen and oxygen atoms in total. The predicted molar refractivity (Wildman–Crippen MR) is 128 cm³/mol. The zero-order valence-electron chi connectivity index (χ0n) is 18.2. The van der Waals surface area contributed by atoms with Gasteiger partial charge in [0.05, 0.1) is 27.6 Å². The second kappa shape index (κ2) is 10.1. The average molecular weight is 511 g/mol. The van der Waals surface area contributed by atoms with Gasteiger partial charge in [0, 0.05) is 30.2 Å². The minimum Gasteiger partial charge on any atom is -0.464 e. The van der Waals surface area contributed by atoms with Crippen molar-refractivity contribution >= 4 is 58.1 Å². The van der Waals surface area contributed by atoms with Gasteiger partial charge in [0.1, 0.15) is 11.1 Å². The van der Waals surface area contributed by atoms with E-state index in [0.29, 0.717) is 11.4 Å². The Morgan fingerprint density at radius 2 is 1.70 bits per heavy atom. The number of halogens is 3. The number of aromatic nitrogens is 1. The van der Waals surface area contributed by atoms with E-state index in [1.807, 2.05) is 0 Å². The third-order valence-electron chi connectivity index (χ3n) is 5.23. The van der Waals surface area contributed by atoms with Crippen LogP contribution in [0.25, 0.3) is 0 Å². The molecule has 2 N–H and O–H groups in total. The summed E-state index contributed by atoms with van der Waals surface area (Å²) in [6.07, 6.45) is 2.96. The third kappa shape index (κ3) is 5.32. The lowest BCUT2D eigenvalue weighted by molar-refractivity contribution is -0.145. The largest absolute Gasteiger partial charge is 0.464 e. The molecule has 10 heteroatoms. The molecule has 1 aromatic heterocycles. The minimum absolute atomic E-state index is 0.0980. The minimum atomic E-state index is -0.786. The highest BCUT2D eigenvalue weighted by atomic mass is 35.5. The van der Waals surface area contributed by atoms with Crippen molar-refractivity contribution in [1.29, 1.82) is 0 Å². The number of Topliss-reactive ketones (excluding diaryl/α,β-unsaturated/α-hetero) is 1.